The number of amides is 1. The number of carbonyl (C=O) groups is 1. The van der Waals surface area contributed by atoms with Gasteiger partial charge in [0.15, 0.2) is 6.61 Å². The quantitative estimate of drug-likeness (QED) is 0.728. The second-order valence-corrected chi connectivity index (χ2v) is 8.59. The van der Waals surface area contributed by atoms with E-state index in [9.17, 15) is 13.2 Å². The molecule has 0 unspecified atom stereocenters. The normalized spacial score (nSPS) is 11.5. The van der Waals surface area contributed by atoms with Crippen LogP contribution < -0.4 is 10.1 Å². The maximum atomic E-state index is 12.7. The number of hydrogen-bond acceptors (Lipinski definition) is 4. The molecule has 0 aliphatic heterocycles. The van der Waals surface area contributed by atoms with Gasteiger partial charge in [0.25, 0.3) is 5.91 Å². The summed E-state index contributed by atoms with van der Waals surface area (Å²) in [6.45, 7) is 10.0. The fourth-order valence-electron chi connectivity index (χ4n) is 2.75. The van der Waals surface area contributed by atoms with Crippen LogP contribution in [0.2, 0.25) is 0 Å². The number of nitrogens with one attached hydrogen (secondary N) is 1. The predicted molar refractivity (Wildman–Crippen MR) is 111 cm³/mol. The summed E-state index contributed by atoms with van der Waals surface area (Å²) in [5, 5.41) is 2.75. The van der Waals surface area contributed by atoms with Crippen LogP contribution in [-0.2, 0) is 14.8 Å². The maximum Gasteiger partial charge on any atom is 0.262 e. The summed E-state index contributed by atoms with van der Waals surface area (Å²) in [6, 6.07) is 10.4. The zero-order valence-electron chi connectivity index (χ0n) is 17.1. The first-order valence-electron chi connectivity index (χ1n) is 9.29. The fourth-order valence-corrected chi connectivity index (χ4v) is 4.23. The van der Waals surface area contributed by atoms with Crippen LogP contribution in [0.15, 0.2) is 41.3 Å². The van der Waals surface area contributed by atoms with Crippen molar-refractivity contribution in [2.45, 2.75) is 39.5 Å². The number of ether oxygens (including phenoxy) is 1. The zero-order valence-corrected chi connectivity index (χ0v) is 17.9. The summed E-state index contributed by atoms with van der Waals surface area (Å²) in [6.07, 6.45) is 0. The van der Waals surface area contributed by atoms with Gasteiger partial charge < -0.3 is 10.1 Å². The van der Waals surface area contributed by atoms with Gasteiger partial charge in [-0.25, -0.2) is 8.42 Å². The minimum Gasteiger partial charge on any atom is -0.484 e. The highest BCUT2D eigenvalue weighted by Gasteiger charge is 2.22. The van der Waals surface area contributed by atoms with Gasteiger partial charge in [-0.15, -0.1) is 0 Å². The lowest BCUT2D eigenvalue weighted by Crippen LogP contribution is -2.30. The minimum atomic E-state index is -3.59. The second kappa shape index (κ2) is 9.21. The molecule has 0 fully saturated rings. The van der Waals surface area contributed by atoms with Crippen molar-refractivity contribution in [2.24, 2.45) is 0 Å². The molecule has 0 heterocycles. The van der Waals surface area contributed by atoms with Crippen LogP contribution in [0.4, 0.5) is 5.69 Å². The Bertz CT molecular complexity index is 951. The van der Waals surface area contributed by atoms with E-state index in [1.807, 2.05) is 39.0 Å². The topological polar surface area (TPSA) is 75.7 Å². The number of rotatable bonds is 8. The fraction of sp³-hybridized carbons (Fsp3) is 0.381. The van der Waals surface area contributed by atoms with E-state index in [1.54, 1.807) is 26.0 Å². The smallest absolute Gasteiger partial charge is 0.262 e. The highest BCUT2D eigenvalue weighted by atomic mass is 32.2. The van der Waals surface area contributed by atoms with Crippen LogP contribution >= 0.6 is 0 Å². The van der Waals surface area contributed by atoms with Gasteiger partial charge in [-0.05, 0) is 61.7 Å². The third-order valence-corrected chi connectivity index (χ3v) is 6.72. The number of hydrogen-bond donors (Lipinski definition) is 1. The third kappa shape index (κ3) is 5.11. The first-order chi connectivity index (χ1) is 13.2. The molecule has 0 saturated carbocycles. The van der Waals surface area contributed by atoms with Gasteiger partial charge in [-0.3, -0.25) is 4.79 Å². The van der Waals surface area contributed by atoms with E-state index in [1.165, 1.54) is 10.4 Å². The van der Waals surface area contributed by atoms with Gasteiger partial charge in [-0.2, -0.15) is 4.31 Å². The van der Waals surface area contributed by atoms with Crippen molar-refractivity contribution in [2.75, 3.05) is 25.0 Å². The Morgan fingerprint density at radius 2 is 1.61 bits per heavy atom. The summed E-state index contributed by atoms with van der Waals surface area (Å²) in [5.74, 6) is 0.270. The molecule has 7 heteroatoms. The Morgan fingerprint density at radius 3 is 2.21 bits per heavy atom. The number of benzene rings is 2. The van der Waals surface area contributed by atoms with E-state index in [2.05, 4.69) is 5.32 Å². The average molecular weight is 405 g/mol. The van der Waals surface area contributed by atoms with Gasteiger partial charge in [0, 0.05) is 18.8 Å². The van der Waals surface area contributed by atoms with Gasteiger partial charge >= 0.3 is 0 Å². The molecule has 2 aromatic carbocycles. The highest BCUT2D eigenvalue weighted by molar-refractivity contribution is 7.89. The molecule has 152 valence electrons. The molecule has 1 N–H and O–H groups in total. The average Bonchev–Trinajstić information content (AvgIpc) is 2.65. The van der Waals surface area contributed by atoms with Gasteiger partial charge in [0.2, 0.25) is 10.0 Å². The number of nitrogens with zero attached hydrogens (tertiary/aromatic N) is 1. The number of aryl methyl sites for hydroxylation is 3. The molecular formula is C21H28N2O4S. The van der Waals surface area contributed by atoms with Crippen LogP contribution in [0.5, 0.6) is 5.75 Å². The minimum absolute atomic E-state index is 0.158. The van der Waals surface area contributed by atoms with Crippen LogP contribution in [-0.4, -0.2) is 38.3 Å². The van der Waals surface area contributed by atoms with Gasteiger partial charge in [0.1, 0.15) is 5.75 Å². The zero-order chi connectivity index (χ0) is 20.9. The number of carbonyl (C=O) groups excluding carboxylic acids is 1. The molecule has 6 nitrogen and oxygen atoms in total. The first-order valence-corrected chi connectivity index (χ1v) is 10.7. The van der Waals surface area contributed by atoms with E-state index in [0.29, 0.717) is 24.5 Å². The van der Waals surface area contributed by atoms with Crippen LogP contribution in [0.3, 0.4) is 0 Å². The van der Waals surface area contributed by atoms with Crippen molar-refractivity contribution in [1.82, 2.24) is 4.31 Å². The summed E-state index contributed by atoms with van der Waals surface area (Å²) in [7, 11) is -3.59. The van der Waals surface area contributed by atoms with Crippen molar-refractivity contribution < 1.29 is 17.9 Å². The Labute approximate surface area is 167 Å². The summed E-state index contributed by atoms with van der Waals surface area (Å²) in [5.41, 5.74) is 3.47. The van der Waals surface area contributed by atoms with Crippen molar-refractivity contribution in [3.8, 4) is 5.75 Å². The number of sulfonamides is 1. The van der Waals surface area contributed by atoms with E-state index in [0.717, 1.165) is 16.7 Å². The molecule has 0 bridgehead atoms. The van der Waals surface area contributed by atoms with E-state index >= 15 is 0 Å². The van der Waals surface area contributed by atoms with Crippen molar-refractivity contribution in [3.05, 3.63) is 53.1 Å². The standard InChI is InChI=1S/C21H28N2O4S/c1-6-23(7-2)28(25,26)19-11-9-16(4)20(13-19)22-21(24)14-27-18-10-8-15(3)17(5)12-18/h8-13H,6-7,14H2,1-5H3,(H,22,24). The molecule has 1 amide bonds. The van der Waals surface area contributed by atoms with Crippen molar-refractivity contribution in [3.63, 3.8) is 0 Å². The van der Waals surface area contributed by atoms with Crippen molar-refractivity contribution >= 4 is 21.6 Å². The lowest BCUT2D eigenvalue weighted by atomic mass is 10.1. The Kier molecular flexibility index (Phi) is 7.21. The van der Waals surface area contributed by atoms with Crippen LogP contribution in [0.1, 0.15) is 30.5 Å². The van der Waals surface area contributed by atoms with Crippen molar-refractivity contribution in [1.29, 1.82) is 0 Å². The molecular weight excluding hydrogens is 376 g/mol. The van der Waals surface area contributed by atoms with E-state index in [4.69, 9.17) is 4.74 Å². The lowest BCUT2D eigenvalue weighted by molar-refractivity contribution is -0.118. The Balaban J connectivity index is 2.12. The van der Waals surface area contributed by atoms with Gasteiger partial charge in [0.05, 0.1) is 4.90 Å². The second-order valence-electron chi connectivity index (χ2n) is 6.65. The summed E-state index contributed by atoms with van der Waals surface area (Å²) >= 11 is 0. The van der Waals surface area contributed by atoms with Crippen LogP contribution in [0.25, 0.3) is 0 Å². The van der Waals surface area contributed by atoms with E-state index in [-0.39, 0.29) is 17.4 Å². The molecule has 2 rings (SSSR count). The molecule has 2 aromatic rings. The molecule has 0 atom stereocenters. The molecule has 0 aliphatic carbocycles. The Hall–Kier alpha value is -2.38. The molecule has 0 spiro atoms. The van der Waals surface area contributed by atoms with Crippen LogP contribution in [0, 0.1) is 20.8 Å². The third-order valence-electron chi connectivity index (χ3n) is 4.67. The first kappa shape index (κ1) is 21.9. The largest absolute Gasteiger partial charge is 0.484 e. The summed E-state index contributed by atoms with van der Waals surface area (Å²) in [4.78, 5) is 12.5. The molecule has 0 saturated heterocycles. The molecule has 0 aromatic heterocycles. The van der Waals surface area contributed by atoms with Gasteiger partial charge in [-0.1, -0.05) is 26.0 Å². The highest BCUT2D eigenvalue weighted by Crippen LogP contribution is 2.23. The lowest BCUT2D eigenvalue weighted by Gasteiger charge is -2.19. The predicted octanol–water partition coefficient (Wildman–Crippen LogP) is 3.66. The summed E-state index contributed by atoms with van der Waals surface area (Å²) < 4.78 is 32.3. The SMILES string of the molecule is CCN(CC)S(=O)(=O)c1ccc(C)c(NC(=O)COc2ccc(C)c(C)c2)c1. The maximum absolute atomic E-state index is 12.7. The Morgan fingerprint density at radius 1 is 0.964 bits per heavy atom. The molecule has 0 aliphatic rings. The van der Waals surface area contributed by atoms with E-state index < -0.39 is 10.0 Å². The number of anilines is 1. The molecule has 0 radical (unpaired) electrons. The monoisotopic (exact) mass is 404 g/mol. The molecule has 28 heavy (non-hydrogen) atoms.